The summed E-state index contributed by atoms with van der Waals surface area (Å²) in [6.07, 6.45) is 0.824. The standard InChI is InChI=1S/C12H15N3O4/c16-11-5-7-14(8-6-11)12(17)13-9-1-3-10(4-2-9)15(18)19/h1-4,11,16H,5-8H2,(H,13,17). The van der Waals surface area contributed by atoms with Gasteiger partial charge in [-0.1, -0.05) is 0 Å². The van der Waals surface area contributed by atoms with E-state index in [9.17, 15) is 20.0 Å². The lowest BCUT2D eigenvalue weighted by Gasteiger charge is -2.29. The molecule has 1 aliphatic heterocycles. The topological polar surface area (TPSA) is 95.7 Å². The Hall–Kier alpha value is -2.15. The number of hydrogen-bond donors (Lipinski definition) is 2. The molecule has 0 radical (unpaired) electrons. The van der Waals surface area contributed by atoms with Crippen LogP contribution in [0.25, 0.3) is 0 Å². The fraction of sp³-hybridized carbons (Fsp3) is 0.417. The number of nitrogens with zero attached hydrogens (tertiary/aromatic N) is 2. The van der Waals surface area contributed by atoms with E-state index in [0.717, 1.165) is 0 Å². The molecule has 1 saturated heterocycles. The second-order valence-corrected chi connectivity index (χ2v) is 4.45. The number of benzene rings is 1. The van der Waals surface area contributed by atoms with Gasteiger partial charge in [-0.25, -0.2) is 4.79 Å². The molecule has 7 nitrogen and oxygen atoms in total. The minimum absolute atomic E-state index is 0.0147. The molecule has 0 aliphatic carbocycles. The van der Waals surface area contributed by atoms with Gasteiger partial charge in [0.25, 0.3) is 5.69 Å². The van der Waals surface area contributed by atoms with E-state index in [4.69, 9.17) is 0 Å². The summed E-state index contributed by atoms with van der Waals surface area (Å²) in [7, 11) is 0. The van der Waals surface area contributed by atoms with Crippen molar-refractivity contribution < 1.29 is 14.8 Å². The molecule has 1 aliphatic rings. The summed E-state index contributed by atoms with van der Waals surface area (Å²) in [4.78, 5) is 23.5. The van der Waals surface area contributed by atoms with Crippen LogP contribution < -0.4 is 5.32 Å². The molecule has 1 aromatic carbocycles. The molecule has 1 fully saturated rings. The van der Waals surface area contributed by atoms with Crippen LogP contribution in [0.3, 0.4) is 0 Å². The molecule has 19 heavy (non-hydrogen) atoms. The Balaban J connectivity index is 1.93. The number of carbonyl (C=O) groups excluding carboxylic acids is 1. The number of aliphatic hydroxyl groups excluding tert-OH is 1. The van der Waals surface area contributed by atoms with E-state index >= 15 is 0 Å². The second kappa shape index (κ2) is 5.66. The molecule has 0 atom stereocenters. The number of nitrogens with one attached hydrogen (secondary N) is 1. The number of piperidine rings is 1. The van der Waals surface area contributed by atoms with Gasteiger partial charge in [0.15, 0.2) is 0 Å². The zero-order valence-electron chi connectivity index (χ0n) is 10.3. The number of nitro groups is 1. The number of rotatable bonds is 2. The largest absolute Gasteiger partial charge is 0.393 e. The average Bonchev–Trinajstić information content (AvgIpc) is 2.40. The molecule has 2 amide bonds. The number of aliphatic hydroxyl groups is 1. The Labute approximate surface area is 110 Å². The van der Waals surface area contributed by atoms with Crippen LogP contribution in [-0.4, -0.2) is 40.2 Å². The molecule has 1 aromatic rings. The average molecular weight is 265 g/mol. The highest BCUT2D eigenvalue weighted by Gasteiger charge is 2.21. The third-order valence-corrected chi connectivity index (χ3v) is 3.08. The highest BCUT2D eigenvalue weighted by molar-refractivity contribution is 5.89. The Kier molecular flexibility index (Phi) is 3.96. The molecule has 7 heteroatoms. The van der Waals surface area contributed by atoms with E-state index in [-0.39, 0.29) is 17.8 Å². The summed E-state index contributed by atoms with van der Waals surface area (Å²) in [5, 5.41) is 22.5. The second-order valence-electron chi connectivity index (χ2n) is 4.45. The van der Waals surface area contributed by atoms with Crippen molar-refractivity contribution >= 4 is 17.4 Å². The van der Waals surface area contributed by atoms with Crippen molar-refractivity contribution in [2.75, 3.05) is 18.4 Å². The van der Waals surface area contributed by atoms with Crippen LogP contribution in [0.1, 0.15) is 12.8 Å². The van der Waals surface area contributed by atoms with Crippen LogP contribution in [0.5, 0.6) is 0 Å². The summed E-state index contributed by atoms with van der Waals surface area (Å²) in [5.41, 5.74) is 0.501. The lowest BCUT2D eigenvalue weighted by molar-refractivity contribution is -0.384. The minimum atomic E-state index is -0.488. The summed E-state index contributed by atoms with van der Waals surface area (Å²) in [5.74, 6) is 0. The Morgan fingerprint density at radius 3 is 2.42 bits per heavy atom. The number of hydrogen-bond acceptors (Lipinski definition) is 4. The van der Waals surface area contributed by atoms with Gasteiger partial charge >= 0.3 is 6.03 Å². The Bertz CT molecular complexity index is 466. The predicted molar refractivity (Wildman–Crippen MR) is 68.9 cm³/mol. The van der Waals surface area contributed by atoms with E-state index in [1.54, 1.807) is 4.90 Å². The maximum atomic E-state index is 11.9. The molecule has 0 spiro atoms. The van der Waals surface area contributed by atoms with Crippen LogP contribution in [0.4, 0.5) is 16.2 Å². The quantitative estimate of drug-likeness (QED) is 0.626. The first-order valence-electron chi connectivity index (χ1n) is 6.05. The third kappa shape index (κ3) is 3.41. The zero-order chi connectivity index (χ0) is 13.8. The third-order valence-electron chi connectivity index (χ3n) is 3.08. The molecular formula is C12H15N3O4. The van der Waals surface area contributed by atoms with Gasteiger partial charge in [-0.05, 0) is 25.0 Å². The highest BCUT2D eigenvalue weighted by atomic mass is 16.6. The molecule has 102 valence electrons. The molecular weight excluding hydrogens is 250 g/mol. The lowest BCUT2D eigenvalue weighted by atomic mass is 10.1. The van der Waals surface area contributed by atoms with Crippen LogP contribution in [-0.2, 0) is 0 Å². The van der Waals surface area contributed by atoms with E-state index in [1.165, 1.54) is 24.3 Å². The molecule has 0 saturated carbocycles. The number of urea groups is 1. The summed E-state index contributed by atoms with van der Waals surface area (Å²) in [6.45, 7) is 1.03. The molecule has 1 heterocycles. The fourth-order valence-electron chi connectivity index (χ4n) is 1.94. The summed E-state index contributed by atoms with van der Waals surface area (Å²) < 4.78 is 0. The number of anilines is 1. The van der Waals surface area contributed by atoms with E-state index < -0.39 is 4.92 Å². The van der Waals surface area contributed by atoms with Gasteiger partial charge in [-0.3, -0.25) is 10.1 Å². The predicted octanol–water partition coefficient (Wildman–Crippen LogP) is 1.58. The smallest absolute Gasteiger partial charge is 0.321 e. The minimum Gasteiger partial charge on any atom is -0.393 e. The normalized spacial score (nSPS) is 16.2. The zero-order valence-corrected chi connectivity index (χ0v) is 10.3. The number of nitro benzene ring substituents is 1. The van der Waals surface area contributed by atoms with E-state index in [1.807, 2.05) is 0 Å². The first-order chi connectivity index (χ1) is 9.06. The Morgan fingerprint density at radius 1 is 1.32 bits per heavy atom. The van der Waals surface area contributed by atoms with Crippen molar-refractivity contribution in [3.63, 3.8) is 0 Å². The maximum absolute atomic E-state index is 11.9. The SMILES string of the molecule is O=C(Nc1ccc([N+](=O)[O-])cc1)N1CCC(O)CC1. The summed E-state index contributed by atoms with van der Waals surface area (Å²) >= 11 is 0. The molecule has 2 N–H and O–H groups in total. The molecule has 2 rings (SSSR count). The van der Waals surface area contributed by atoms with Gasteiger partial charge in [0.1, 0.15) is 0 Å². The van der Waals surface area contributed by atoms with Crippen LogP contribution in [0.15, 0.2) is 24.3 Å². The highest BCUT2D eigenvalue weighted by Crippen LogP contribution is 2.17. The van der Waals surface area contributed by atoms with Crippen molar-refractivity contribution in [2.24, 2.45) is 0 Å². The number of carbonyl (C=O) groups is 1. The Morgan fingerprint density at radius 2 is 1.89 bits per heavy atom. The number of amides is 2. The first kappa shape index (κ1) is 13.3. The van der Waals surface area contributed by atoms with Crippen molar-refractivity contribution in [2.45, 2.75) is 18.9 Å². The van der Waals surface area contributed by atoms with Gasteiger partial charge < -0.3 is 15.3 Å². The first-order valence-corrected chi connectivity index (χ1v) is 6.05. The molecule has 0 unspecified atom stereocenters. The van der Waals surface area contributed by atoms with Crippen LogP contribution >= 0.6 is 0 Å². The van der Waals surface area contributed by atoms with Crippen molar-refractivity contribution in [3.8, 4) is 0 Å². The van der Waals surface area contributed by atoms with Crippen LogP contribution in [0.2, 0.25) is 0 Å². The number of non-ortho nitro benzene ring substituents is 1. The maximum Gasteiger partial charge on any atom is 0.321 e. The van der Waals surface area contributed by atoms with Gasteiger partial charge in [-0.15, -0.1) is 0 Å². The molecule has 0 bridgehead atoms. The van der Waals surface area contributed by atoms with Gasteiger partial charge in [0, 0.05) is 30.9 Å². The number of likely N-dealkylation sites (tertiary alicyclic amines) is 1. The van der Waals surface area contributed by atoms with Crippen molar-refractivity contribution in [3.05, 3.63) is 34.4 Å². The van der Waals surface area contributed by atoms with Crippen LogP contribution in [0, 0.1) is 10.1 Å². The van der Waals surface area contributed by atoms with Gasteiger partial charge in [0.05, 0.1) is 11.0 Å². The fourth-order valence-corrected chi connectivity index (χ4v) is 1.94. The molecule has 0 aromatic heterocycles. The van der Waals surface area contributed by atoms with Crippen molar-refractivity contribution in [1.29, 1.82) is 0 Å². The lowest BCUT2D eigenvalue weighted by Crippen LogP contribution is -2.42. The van der Waals surface area contributed by atoms with Gasteiger partial charge in [0.2, 0.25) is 0 Å². The van der Waals surface area contributed by atoms with Gasteiger partial charge in [-0.2, -0.15) is 0 Å². The van der Waals surface area contributed by atoms with E-state index in [0.29, 0.717) is 31.6 Å². The van der Waals surface area contributed by atoms with Crippen molar-refractivity contribution in [1.82, 2.24) is 4.90 Å². The monoisotopic (exact) mass is 265 g/mol. The van der Waals surface area contributed by atoms with E-state index in [2.05, 4.69) is 5.32 Å². The summed E-state index contributed by atoms with van der Waals surface area (Å²) in [6, 6.07) is 5.43.